The number of nitrogens with zero attached hydrogens (tertiary/aromatic N) is 2. The predicted octanol–water partition coefficient (Wildman–Crippen LogP) is 3.37. The van der Waals surface area contributed by atoms with E-state index in [1.165, 1.54) is 0 Å². The molecule has 17 heavy (non-hydrogen) atoms. The van der Waals surface area contributed by atoms with E-state index in [0.29, 0.717) is 11.7 Å². The van der Waals surface area contributed by atoms with Gasteiger partial charge in [0.1, 0.15) is 4.83 Å². The number of methoxy groups -OCH3 is 1. The van der Waals surface area contributed by atoms with Crippen molar-refractivity contribution in [3.05, 3.63) is 41.8 Å². The smallest absolute Gasteiger partial charge is 0.225 e. The molecule has 0 radical (unpaired) electrons. The van der Waals surface area contributed by atoms with E-state index >= 15 is 0 Å². The maximum atomic E-state index is 5.30. The number of benzene rings is 1. The van der Waals surface area contributed by atoms with Crippen molar-refractivity contribution in [1.29, 1.82) is 0 Å². The zero-order chi connectivity index (χ0) is 11.7. The average Bonchev–Trinajstić information content (AvgIpc) is 2.86. The van der Waals surface area contributed by atoms with E-state index < -0.39 is 0 Å². The number of hydrogen-bond donors (Lipinski definition) is 0. The SMILES string of the molecule is COc1nc(-c2ccccc2)nc2sccc12. The van der Waals surface area contributed by atoms with Crippen LogP contribution in [0.4, 0.5) is 0 Å². The molecule has 0 aliphatic heterocycles. The topological polar surface area (TPSA) is 35.0 Å². The van der Waals surface area contributed by atoms with E-state index in [1.54, 1.807) is 18.4 Å². The third-order valence-electron chi connectivity index (χ3n) is 2.52. The molecule has 3 rings (SSSR count). The second kappa shape index (κ2) is 4.14. The van der Waals surface area contributed by atoms with E-state index in [1.807, 2.05) is 41.8 Å². The molecule has 0 unspecified atom stereocenters. The summed E-state index contributed by atoms with van der Waals surface area (Å²) in [6.45, 7) is 0. The van der Waals surface area contributed by atoms with E-state index in [4.69, 9.17) is 4.74 Å². The van der Waals surface area contributed by atoms with Crippen molar-refractivity contribution in [3.8, 4) is 17.3 Å². The molecule has 0 amide bonds. The monoisotopic (exact) mass is 242 g/mol. The molecule has 3 aromatic rings. The number of aromatic nitrogens is 2. The lowest BCUT2D eigenvalue weighted by molar-refractivity contribution is 0.403. The van der Waals surface area contributed by atoms with Gasteiger partial charge >= 0.3 is 0 Å². The molecular weight excluding hydrogens is 232 g/mol. The molecule has 0 fully saturated rings. The summed E-state index contributed by atoms with van der Waals surface area (Å²) in [4.78, 5) is 9.93. The highest BCUT2D eigenvalue weighted by atomic mass is 32.1. The first-order valence-corrected chi connectivity index (χ1v) is 6.11. The zero-order valence-corrected chi connectivity index (χ0v) is 10.1. The molecule has 4 heteroatoms. The van der Waals surface area contributed by atoms with Gasteiger partial charge in [-0.3, -0.25) is 0 Å². The summed E-state index contributed by atoms with van der Waals surface area (Å²) < 4.78 is 5.30. The summed E-state index contributed by atoms with van der Waals surface area (Å²) in [6, 6.07) is 11.9. The Morgan fingerprint density at radius 2 is 1.88 bits per heavy atom. The number of hydrogen-bond acceptors (Lipinski definition) is 4. The number of thiophene rings is 1. The highest BCUT2D eigenvalue weighted by molar-refractivity contribution is 7.16. The summed E-state index contributed by atoms with van der Waals surface area (Å²) in [5.74, 6) is 1.34. The first-order valence-electron chi connectivity index (χ1n) is 5.23. The van der Waals surface area contributed by atoms with E-state index in [-0.39, 0.29) is 0 Å². The summed E-state index contributed by atoms with van der Waals surface area (Å²) >= 11 is 1.59. The zero-order valence-electron chi connectivity index (χ0n) is 9.25. The van der Waals surface area contributed by atoms with E-state index in [2.05, 4.69) is 9.97 Å². The minimum atomic E-state index is 0.634. The van der Waals surface area contributed by atoms with Gasteiger partial charge < -0.3 is 4.74 Å². The van der Waals surface area contributed by atoms with Crippen molar-refractivity contribution in [2.45, 2.75) is 0 Å². The first kappa shape index (κ1) is 10.2. The first-order chi connectivity index (χ1) is 8.38. The summed E-state index contributed by atoms with van der Waals surface area (Å²) in [5, 5.41) is 2.97. The van der Waals surface area contributed by atoms with Crippen molar-refractivity contribution < 1.29 is 4.74 Å². The Morgan fingerprint density at radius 1 is 1.06 bits per heavy atom. The van der Waals surface area contributed by atoms with Gasteiger partial charge in [-0.1, -0.05) is 30.3 Å². The Bertz CT molecular complexity index is 649. The normalized spacial score (nSPS) is 10.6. The fourth-order valence-corrected chi connectivity index (χ4v) is 2.45. The lowest BCUT2D eigenvalue weighted by Gasteiger charge is -2.04. The van der Waals surface area contributed by atoms with Gasteiger partial charge in [-0.05, 0) is 11.4 Å². The van der Waals surface area contributed by atoms with Gasteiger partial charge in [-0.2, -0.15) is 4.98 Å². The molecule has 84 valence electrons. The molecule has 2 heterocycles. The molecule has 0 saturated carbocycles. The minimum Gasteiger partial charge on any atom is -0.480 e. The fraction of sp³-hybridized carbons (Fsp3) is 0.0769. The number of fused-ring (bicyclic) bond motifs is 1. The average molecular weight is 242 g/mol. The van der Waals surface area contributed by atoms with Crippen LogP contribution in [-0.4, -0.2) is 17.1 Å². The number of ether oxygens (including phenoxy) is 1. The molecule has 0 N–H and O–H groups in total. The van der Waals surface area contributed by atoms with Crippen LogP contribution in [0.25, 0.3) is 21.6 Å². The van der Waals surface area contributed by atoms with Gasteiger partial charge in [-0.15, -0.1) is 11.3 Å². The molecule has 3 nitrogen and oxygen atoms in total. The Labute approximate surface area is 103 Å². The standard InChI is InChI=1S/C13H10N2OS/c1-16-12-10-7-8-17-13(10)15-11(14-12)9-5-3-2-4-6-9/h2-8H,1H3. The summed E-state index contributed by atoms with van der Waals surface area (Å²) in [5.41, 5.74) is 1.00. The Kier molecular flexibility index (Phi) is 2.49. The second-order valence-corrected chi connectivity index (χ2v) is 4.46. The molecule has 2 aromatic heterocycles. The second-order valence-electron chi connectivity index (χ2n) is 3.56. The van der Waals surface area contributed by atoms with Crippen LogP contribution in [-0.2, 0) is 0 Å². The maximum Gasteiger partial charge on any atom is 0.225 e. The van der Waals surface area contributed by atoms with Crippen molar-refractivity contribution in [2.24, 2.45) is 0 Å². The highest BCUT2D eigenvalue weighted by Crippen LogP contribution is 2.29. The molecular formula is C13H10N2OS. The van der Waals surface area contributed by atoms with Crippen LogP contribution in [0.5, 0.6) is 5.88 Å². The quantitative estimate of drug-likeness (QED) is 0.691. The lowest BCUT2D eigenvalue weighted by atomic mass is 10.2. The third kappa shape index (κ3) is 1.76. The van der Waals surface area contributed by atoms with Crippen molar-refractivity contribution in [1.82, 2.24) is 9.97 Å². The molecule has 0 aliphatic carbocycles. The van der Waals surface area contributed by atoms with Crippen molar-refractivity contribution in [2.75, 3.05) is 7.11 Å². The van der Waals surface area contributed by atoms with Crippen LogP contribution in [0.3, 0.4) is 0 Å². The maximum absolute atomic E-state index is 5.30. The minimum absolute atomic E-state index is 0.634. The summed E-state index contributed by atoms with van der Waals surface area (Å²) in [6.07, 6.45) is 0. The van der Waals surface area contributed by atoms with E-state index in [9.17, 15) is 0 Å². The lowest BCUT2D eigenvalue weighted by Crippen LogP contribution is -1.93. The predicted molar refractivity (Wildman–Crippen MR) is 69.4 cm³/mol. The van der Waals surface area contributed by atoms with Crippen molar-refractivity contribution in [3.63, 3.8) is 0 Å². The van der Waals surface area contributed by atoms with Crippen LogP contribution >= 0.6 is 11.3 Å². The Balaban J connectivity index is 2.24. The molecule has 0 bridgehead atoms. The largest absolute Gasteiger partial charge is 0.480 e. The van der Waals surface area contributed by atoms with E-state index in [0.717, 1.165) is 15.8 Å². The number of rotatable bonds is 2. The third-order valence-corrected chi connectivity index (χ3v) is 3.32. The van der Waals surface area contributed by atoms with Gasteiger partial charge in [0.2, 0.25) is 5.88 Å². The molecule has 0 spiro atoms. The highest BCUT2D eigenvalue weighted by Gasteiger charge is 2.10. The van der Waals surface area contributed by atoms with Crippen LogP contribution in [0, 0.1) is 0 Å². The van der Waals surface area contributed by atoms with Gasteiger partial charge in [-0.25, -0.2) is 4.98 Å². The molecule has 0 saturated heterocycles. The van der Waals surface area contributed by atoms with Gasteiger partial charge in [0, 0.05) is 5.56 Å². The van der Waals surface area contributed by atoms with Crippen LogP contribution < -0.4 is 4.74 Å². The fourth-order valence-electron chi connectivity index (χ4n) is 1.70. The summed E-state index contributed by atoms with van der Waals surface area (Å²) in [7, 11) is 1.63. The van der Waals surface area contributed by atoms with Gasteiger partial charge in [0.15, 0.2) is 5.82 Å². The molecule has 0 atom stereocenters. The van der Waals surface area contributed by atoms with Gasteiger partial charge in [0.05, 0.1) is 12.5 Å². The molecule has 1 aromatic carbocycles. The molecule has 0 aliphatic rings. The van der Waals surface area contributed by atoms with Crippen LogP contribution in [0.15, 0.2) is 41.8 Å². The van der Waals surface area contributed by atoms with Crippen LogP contribution in [0.1, 0.15) is 0 Å². The van der Waals surface area contributed by atoms with Crippen LogP contribution in [0.2, 0.25) is 0 Å². The van der Waals surface area contributed by atoms with Crippen molar-refractivity contribution >= 4 is 21.6 Å². The van der Waals surface area contributed by atoms with Gasteiger partial charge in [0.25, 0.3) is 0 Å². The Hall–Kier alpha value is -1.94. The Morgan fingerprint density at radius 3 is 2.65 bits per heavy atom.